The lowest BCUT2D eigenvalue weighted by Gasteiger charge is -2.11. The third kappa shape index (κ3) is 6.67. The summed E-state index contributed by atoms with van der Waals surface area (Å²) in [5.41, 5.74) is 1.02. The molecular formula is C14H23N3O2. The SMILES string of the molecule is COc1cccc(CNC(=O)NCCCN(C)C)c1. The van der Waals surface area contributed by atoms with Crippen LogP contribution < -0.4 is 15.4 Å². The lowest BCUT2D eigenvalue weighted by Crippen LogP contribution is -2.36. The number of amides is 2. The van der Waals surface area contributed by atoms with Crippen LogP contribution in [-0.2, 0) is 6.54 Å². The summed E-state index contributed by atoms with van der Waals surface area (Å²) in [6.07, 6.45) is 0.944. The van der Waals surface area contributed by atoms with Crippen LogP contribution in [0.25, 0.3) is 0 Å². The molecule has 1 aromatic carbocycles. The van der Waals surface area contributed by atoms with Gasteiger partial charge in [0.2, 0.25) is 0 Å². The van der Waals surface area contributed by atoms with Crippen LogP contribution >= 0.6 is 0 Å². The molecule has 106 valence electrons. The van der Waals surface area contributed by atoms with Gasteiger partial charge >= 0.3 is 6.03 Å². The maximum Gasteiger partial charge on any atom is 0.315 e. The van der Waals surface area contributed by atoms with E-state index >= 15 is 0 Å². The fourth-order valence-corrected chi connectivity index (χ4v) is 1.62. The Morgan fingerprint density at radius 2 is 2.11 bits per heavy atom. The zero-order valence-electron chi connectivity index (χ0n) is 11.9. The second-order valence-electron chi connectivity index (χ2n) is 4.62. The Morgan fingerprint density at radius 3 is 2.79 bits per heavy atom. The van der Waals surface area contributed by atoms with E-state index in [9.17, 15) is 4.79 Å². The van der Waals surface area contributed by atoms with Crippen molar-refractivity contribution in [3.8, 4) is 5.75 Å². The molecule has 0 spiro atoms. The van der Waals surface area contributed by atoms with E-state index in [1.54, 1.807) is 7.11 Å². The lowest BCUT2D eigenvalue weighted by atomic mass is 10.2. The van der Waals surface area contributed by atoms with Crippen molar-refractivity contribution < 1.29 is 9.53 Å². The molecule has 2 amide bonds. The molecule has 0 heterocycles. The minimum atomic E-state index is -0.137. The Bertz CT molecular complexity index is 394. The summed E-state index contributed by atoms with van der Waals surface area (Å²) in [6.45, 7) is 2.15. The van der Waals surface area contributed by atoms with E-state index in [0.29, 0.717) is 13.1 Å². The predicted molar refractivity (Wildman–Crippen MR) is 76.4 cm³/mol. The molecule has 0 aliphatic heterocycles. The van der Waals surface area contributed by atoms with Crippen molar-refractivity contribution in [2.75, 3.05) is 34.3 Å². The summed E-state index contributed by atoms with van der Waals surface area (Å²) < 4.78 is 5.13. The number of urea groups is 1. The number of carbonyl (C=O) groups is 1. The zero-order chi connectivity index (χ0) is 14.1. The number of hydrogen-bond donors (Lipinski definition) is 2. The van der Waals surface area contributed by atoms with Crippen molar-refractivity contribution in [2.24, 2.45) is 0 Å². The van der Waals surface area contributed by atoms with Crippen molar-refractivity contribution in [3.05, 3.63) is 29.8 Å². The van der Waals surface area contributed by atoms with E-state index in [2.05, 4.69) is 15.5 Å². The molecule has 2 N–H and O–H groups in total. The van der Waals surface area contributed by atoms with E-state index < -0.39 is 0 Å². The minimum absolute atomic E-state index is 0.137. The Labute approximate surface area is 114 Å². The Kier molecular flexibility index (Phi) is 6.74. The molecule has 0 aliphatic carbocycles. The summed E-state index contributed by atoms with van der Waals surface area (Å²) in [5, 5.41) is 5.65. The van der Waals surface area contributed by atoms with Crippen molar-refractivity contribution in [2.45, 2.75) is 13.0 Å². The smallest absolute Gasteiger partial charge is 0.315 e. The van der Waals surface area contributed by atoms with Crippen LogP contribution in [-0.4, -0.2) is 45.2 Å². The Hall–Kier alpha value is -1.75. The fourth-order valence-electron chi connectivity index (χ4n) is 1.62. The van der Waals surface area contributed by atoms with Gasteiger partial charge in [-0.3, -0.25) is 0 Å². The molecule has 0 unspecified atom stereocenters. The molecule has 0 saturated heterocycles. The van der Waals surface area contributed by atoms with Gasteiger partial charge < -0.3 is 20.3 Å². The molecule has 1 aromatic rings. The van der Waals surface area contributed by atoms with Crippen molar-refractivity contribution in [3.63, 3.8) is 0 Å². The average Bonchev–Trinajstić information content (AvgIpc) is 2.41. The first-order chi connectivity index (χ1) is 9.11. The van der Waals surface area contributed by atoms with Crippen LogP contribution in [0.15, 0.2) is 24.3 Å². The van der Waals surface area contributed by atoms with E-state index in [1.807, 2.05) is 38.4 Å². The number of benzene rings is 1. The lowest BCUT2D eigenvalue weighted by molar-refractivity contribution is 0.240. The van der Waals surface area contributed by atoms with Crippen LogP contribution in [0.4, 0.5) is 4.79 Å². The molecule has 0 aliphatic rings. The topological polar surface area (TPSA) is 53.6 Å². The summed E-state index contributed by atoms with van der Waals surface area (Å²) >= 11 is 0. The van der Waals surface area contributed by atoms with E-state index in [4.69, 9.17) is 4.74 Å². The van der Waals surface area contributed by atoms with Gasteiger partial charge in [-0.15, -0.1) is 0 Å². The molecule has 0 bridgehead atoms. The van der Waals surface area contributed by atoms with Crippen molar-refractivity contribution in [1.82, 2.24) is 15.5 Å². The molecule has 1 rings (SSSR count). The van der Waals surface area contributed by atoms with Crippen LogP contribution in [0.2, 0.25) is 0 Å². The van der Waals surface area contributed by atoms with Gasteiger partial charge in [0, 0.05) is 13.1 Å². The molecule has 5 heteroatoms. The molecule has 0 saturated carbocycles. The largest absolute Gasteiger partial charge is 0.497 e. The van der Waals surface area contributed by atoms with Crippen LogP contribution in [0.3, 0.4) is 0 Å². The van der Waals surface area contributed by atoms with Gasteiger partial charge in [0.25, 0.3) is 0 Å². The summed E-state index contributed by atoms with van der Waals surface area (Å²) in [7, 11) is 5.66. The van der Waals surface area contributed by atoms with Gasteiger partial charge in [0.05, 0.1) is 7.11 Å². The van der Waals surface area contributed by atoms with Gasteiger partial charge in [0.1, 0.15) is 5.75 Å². The summed E-state index contributed by atoms with van der Waals surface area (Å²) in [5.74, 6) is 0.797. The van der Waals surface area contributed by atoms with Crippen LogP contribution in [0, 0.1) is 0 Å². The first-order valence-corrected chi connectivity index (χ1v) is 6.41. The Balaban J connectivity index is 2.22. The molecule has 0 fully saturated rings. The monoisotopic (exact) mass is 265 g/mol. The zero-order valence-corrected chi connectivity index (χ0v) is 11.9. The van der Waals surface area contributed by atoms with Gasteiger partial charge in [-0.25, -0.2) is 4.79 Å². The molecule has 5 nitrogen and oxygen atoms in total. The highest BCUT2D eigenvalue weighted by atomic mass is 16.5. The first kappa shape index (κ1) is 15.3. The van der Waals surface area contributed by atoms with Crippen LogP contribution in [0.1, 0.15) is 12.0 Å². The second kappa shape index (κ2) is 8.37. The number of hydrogen-bond acceptors (Lipinski definition) is 3. The van der Waals surface area contributed by atoms with Gasteiger partial charge in [-0.1, -0.05) is 12.1 Å². The summed E-state index contributed by atoms with van der Waals surface area (Å²) in [6, 6.07) is 7.51. The quantitative estimate of drug-likeness (QED) is 0.734. The number of nitrogens with zero attached hydrogens (tertiary/aromatic N) is 1. The minimum Gasteiger partial charge on any atom is -0.497 e. The highest BCUT2D eigenvalue weighted by Gasteiger charge is 2.01. The number of methoxy groups -OCH3 is 1. The summed E-state index contributed by atoms with van der Waals surface area (Å²) in [4.78, 5) is 13.6. The van der Waals surface area contributed by atoms with E-state index in [0.717, 1.165) is 24.3 Å². The maximum atomic E-state index is 11.5. The third-order valence-electron chi connectivity index (χ3n) is 2.65. The van der Waals surface area contributed by atoms with Crippen LogP contribution in [0.5, 0.6) is 5.75 Å². The Morgan fingerprint density at radius 1 is 1.32 bits per heavy atom. The average molecular weight is 265 g/mol. The number of rotatable bonds is 7. The number of carbonyl (C=O) groups excluding carboxylic acids is 1. The highest BCUT2D eigenvalue weighted by Crippen LogP contribution is 2.11. The molecular weight excluding hydrogens is 242 g/mol. The van der Waals surface area contributed by atoms with Crippen molar-refractivity contribution in [1.29, 1.82) is 0 Å². The maximum absolute atomic E-state index is 11.5. The van der Waals surface area contributed by atoms with E-state index in [-0.39, 0.29) is 6.03 Å². The first-order valence-electron chi connectivity index (χ1n) is 6.41. The molecule has 19 heavy (non-hydrogen) atoms. The second-order valence-corrected chi connectivity index (χ2v) is 4.62. The third-order valence-corrected chi connectivity index (χ3v) is 2.65. The normalized spacial score (nSPS) is 10.3. The predicted octanol–water partition coefficient (Wildman–Crippen LogP) is 1.45. The van der Waals surface area contributed by atoms with Crippen molar-refractivity contribution >= 4 is 6.03 Å². The van der Waals surface area contributed by atoms with E-state index in [1.165, 1.54) is 0 Å². The number of ether oxygens (including phenoxy) is 1. The molecule has 0 radical (unpaired) electrons. The molecule has 0 atom stereocenters. The van der Waals surface area contributed by atoms with Gasteiger partial charge in [0.15, 0.2) is 0 Å². The van der Waals surface area contributed by atoms with Gasteiger partial charge in [-0.2, -0.15) is 0 Å². The fraction of sp³-hybridized carbons (Fsp3) is 0.500. The molecule has 0 aromatic heterocycles. The number of nitrogens with one attached hydrogen (secondary N) is 2. The van der Waals surface area contributed by atoms with Gasteiger partial charge in [-0.05, 0) is 44.8 Å². The highest BCUT2D eigenvalue weighted by molar-refractivity contribution is 5.73. The standard InChI is InChI=1S/C14H23N3O2/c1-17(2)9-5-8-15-14(18)16-11-12-6-4-7-13(10-12)19-3/h4,6-7,10H,5,8-9,11H2,1-3H3,(H2,15,16,18).